The monoisotopic (exact) mass is 460 g/mol. The van der Waals surface area contributed by atoms with E-state index >= 15 is 0 Å². The smallest absolute Gasteiger partial charge is 0.208 e. The lowest BCUT2D eigenvalue weighted by Crippen LogP contribution is -2.49. The van der Waals surface area contributed by atoms with Crippen LogP contribution in [0, 0.1) is 0 Å². The van der Waals surface area contributed by atoms with Crippen LogP contribution in [0.5, 0.6) is 0 Å². The molecule has 0 aliphatic carbocycles. The van der Waals surface area contributed by atoms with Crippen LogP contribution < -0.4 is 0 Å². The zero-order valence-corrected chi connectivity index (χ0v) is 17.3. The number of piperazine rings is 1. The third kappa shape index (κ3) is 5.09. The average molecular weight is 460 g/mol. The lowest BCUT2D eigenvalue weighted by Gasteiger charge is -2.32. The Bertz CT molecular complexity index is 1120. The van der Waals surface area contributed by atoms with E-state index in [1.54, 1.807) is 30.3 Å². The highest BCUT2D eigenvalue weighted by Crippen LogP contribution is 2.31. The molecule has 1 aliphatic rings. The molecule has 0 saturated carbocycles. The van der Waals surface area contributed by atoms with Crippen molar-refractivity contribution in [3.05, 3.63) is 71.1 Å². The van der Waals surface area contributed by atoms with E-state index in [9.17, 15) is 30.0 Å². The van der Waals surface area contributed by atoms with Gasteiger partial charge >= 0.3 is 6.18 Å². The molecule has 2 aromatic carbocycles. The highest BCUT2D eigenvalue weighted by molar-refractivity contribution is 7.92. The fraction of sp³-hybridized carbons (Fsp3) is 0.263. The first kappa shape index (κ1) is 22.5. The quantitative estimate of drug-likeness (QED) is 0.688. The van der Waals surface area contributed by atoms with E-state index in [4.69, 9.17) is 0 Å². The molecule has 0 radical (unpaired) electrons. The summed E-state index contributed by atoms with van der Waals surface area (Å²) in [6.07, 6.45) is -3.22. The average Bonchev–Trinajstić information content (AvgIpc) is 2.73. The van der Waals surface area contributed by atoms with E-state index in [0.717, 1.165) is 32.2 Å². The molecule has 3 rings (SSSR count). The Morgan fingerprint density at radius 3 is 2.00 bits per heavy atom. The lowest BCUT2D eigenvalue weighted by atomic mass is 10.2. The van der Waals surface area contributed by atoms with Crippen LogP contribution in [0.1, 0.15) is 11.1 Å². The molecule has 0 aromatic heterocycles. The van der Waals surface area contributed by atoms with Crippen LogP contribution in [0.2, 0.25) is 0 Å². The topological polar surface area (TPSA) is 74.8 Å². The number of benzene rings is 2. The predicted octanol–water partition coefficient (Wildman–Crippen LogP) is 3.01. The minimum atomic E-state index is -4.66. The molecular formula is C19H19F3N2O4S2. The molecule has 1 fully saturated rings. The predicted molar refractivity (Wildman–Crippen MR) is 106 cm³/mol. The van der Waals surface area contributed by atoms with Gasteiger partial charge in [-0.2, -0.15) is 21.8 Å². The summed E-state index contributed by atoms with van der Waals surface area (Å²) in [6, 6.07) is 12.3. The molecule has 1 saturated heterocycles. The van der Waals surface area contributed by atoms with Crippen molar-refractivity contribution in [1.82, 2.24) is 8.61 Å². The van der Waals surface area contributed by atoms with Crippen LogP contribution in [0.4, 0.5) is 13.2 Å². The van der Waals surface area contributed by atoms with Crippen molar-refractivity contribution in [1.29, 1.82) is 0 Å². The first-order valence-corrected chi connectivity index (χ1v) is 11.9. The van der Waals surface area contributed by atoms with Gasteiger partial charge < -0.3 is 0 Å². The summed E-state index contributed by atoms with van der Waals surface area (Å²) in [5.41, 5.74) is -0.359. The number of nitrogens with zero attached hydrogens (tertiary/aromatic N) is 2. The second kappa shape index (κ2) is 8.50. The summed E-state index contributed by atoms with van der Waals surface area (Å²) in [5, 5.41) is 1.05. The van der Waals surface area contributed by atoms with Crippen LogP contribution in [0.15, 0.2) is 64.9 Å². The van der Waals surface area contributed by atoms with Gasteiger partial charge in [0.15, 0.2) is 0 Å². The van der Waals surface area contributed by atoms with Gasteiger partial charge in [-0.25, -0.2) is 16.8 Å². The first-order valence-electron chi connectivity index (χ1n) is 8.91. The van der Waals surface area contributed by atoms with E-state index in [-0.39, 0.29) is 26.2 Å². The fourth-order valence-corrected chi connectivity index (χ4v) is 5.60. The van der Waals surface area contributed by atoms with Crippen LogP contribution in [-0.4, -0.2) is 51.6 Å². The van der Waals surface area contributed by atoms with Gasteiger partial charge in [-0.3, -0.25) is 0 Å². The molecule has 11 heteroatoms. The van der Waals surface area contributed by atoms with Crippen LogP contribution in [-0.2, 0) is 26.2 Å². The highest BCUT2D eigenvalue weighted by Gasteiger charge is 2.35. The second-order valence-corrected chi connectivity index (χ2v) is 10.3. The van der Waals surface area contributed by atoms with Gasteiger partial charge in [-0.1, -0.05) is 36.4 Å². The standard InChI is InChI=1S/C19H19F3N2O4S2/c20-19(21,22)17-7-4-8-18(15-17)30(27,28)24-12-10-23(11-13-24)29(25,26)14-9-16-5-2-1-3-6-16/h1-9,14-15H,10-13H2/b14-9+. The molecule has 6 nitrogen and oxygen atoms in total. The molecule has 0 bridgehead atoms. The van der Waals surface area contributed by atoms with Crippen LogP contribution in [0.3, 0.4) is 0 Å². The SMILES string of the molecule is O=S(=O)(/C=C/c1ccccc1)N1CCN(S(=O)(=O)c2cccc(C(F)(F)F)c2)CC1. The summed E-state index contributed by atoms with van der Waals surface area (Å²) < 4.78 is 91.2. The lowest BCUT2D eigenvalue weighted by molar-refractivity contribution is -0.137. The number of hydrogen-bond donors (Lipinski definition) is 0. The molecule has 30 heavy (non-hydrogen) atoms. The van der Waals surface area contributed by atoms with Gasteiger partial charge in [-0.05, 0) is 29.8 Å². The van der Waals surface area contributed by atoms with Gasteiger partial charge in [0.05, 0.1) is 10.5 Å². The maximum Gasteiger partial charge on any atom is 0.416 e. The third-order valence-corrected chi connectivity index (χ3v) is 8.05. The molecule has 0 amide bonds. The van der Waals surface area contributed by atoms with E-state index < -0.39 is 36.7 Å². The zero-order chi connectivity index (χ0) is 22.0. The van der Waals surface area contributed by atoms with Crippen molar-refractivity contribution in [2.24, 2.45) is 0 Å². The van der Waals surface area contributed by atoms with Crippen molar-refractivity contribution < 1.29 is 30.0 Å². The van der Waals surface area contributed by atoms with Crippen molar-refractivity contribution in [2.75, 3.05) is 26.2 Å². The molecule has 1 aliphatic heterocycles. The zero-order valence-electron chi connectivity index (χ0n) is 15.7. The molecule has 0 spiro atoms. The summed E-state index contributed by atoms with van der Waals surface area (Å²) >= 11 is 0. The van der Waals surface area contributed by atoms with Crippen molar-refractivity contribution in [3.8, 4) is 0 Å². The summed E-state index contributed by atoms with van der Waals surface area (Å²) in [6.45, 7) is -0.507. The van der Waals surface area contributed by atoms with Gasteiger partial charge in [0.2, 0.25) is 20.0 Å². The molecule has 162 valence electrons. The Morgan fingerprint density at radius 1 is 0.800 bits per heavy atom. The van der Waals surface area contributed by atoms with Gasteiger partial charge in [0.25, 0.3) is 0 Å². The van der Waals surface area contributed by atoms with Crippen molar-refractivity contribution >= 4 is 26.1 Å². The first-order chi connectivity index (χ1) is 14.0. The fourth-order valence-electron chi connectivity index (χ4n) is 2.96. The van der Waals surface area contributed by atoms with Gasteiger partial charge in [-0.15, -0.1) is 0 Å². The summed E-state index contributed by atoms with van der Waals surface area (Å²) in [5.74, 6) is 0. The molecule has 2 aromatic rings. The number of sulfonamides is 2. The van der Waals surface area contributed by atoms with Crippen LogP contribution >= 0.6 is 0 Å². The summed E-state index contributed by atoms with van der Waals surface area (Å²) in [4.78, 5) is -0.474. The third-order valence-electron chi connectivity index (χ3n) is 4.59. The van der Waals surface area contributed by atoms with E-state index in [1.165, 1.54) is 6.08 Å². The molecular weight excluding hydrogens is 441 g/mol. The number of hydrogen-bond acceptors (Lipinski definition) is 4. The van der Waals surface area contributed by atoms with Crippen LogP contribution in [0.25, 0.3) is 6.08 Å². The van der Waals surface area contributed by atoms with E-state index in [2.05, 4.69) is 0 Å². The maximum absolute atomic E-state index is 12.9. The Labute approximate surface area is 173 Å². The Morgan fingerprint density at radius 2 is 1.40 bits per heavy atom. The Hall–Kier alpha value is -2.21. The summed E-state index contributed by atoms with van der Waals surface area (Å²) in [7, 11) is -7.93. The van der Waals surface area contributed by atoms with Crippen molar-refractivity contribution in [2.45, 2.75) is 11.1 Å². The molecule has 0 unspecified atom stereocenters. The minimum absolute atomic E-state index is 0.0976. The van der Waals surface area contributed by atoms with Crippen molar-refractivity contribution in [3.63, 3.8) is 0 Å². The molecule has 0 N–H and O–H groups in total. The van der Waals surface area contributed by atoms with E-state index in [1.807, 2.05) is 0 Å². The Kier molecular flexibility index (Phi) is 6.37. The second-order valence-electron chi connectivity index (χ2n) is 6.59. The Balaban J connectivity index is 1.71. The number of alkyl halides is 3. The number of rotatable bonds is 5. The van der Waals surface area contributed by atoms with Gasteiger partial charge in [0.1, 0.15) is 0 Å². The largest absolute Gasteiger partial charge is 0.416 e. The maximum atomic E-state index is 12.9. The normalized spacial score (nSPS) is 17.4. The minimum Gasteiger partial charge on any atom is -0.208 e. The molecule has 1 heterocycles. The van der Waals surface area contributed by atoms with E-state index in [0.29, 0.717) is 11.6 Å². The molecule has 0 atom stereocenters. The highest BCUT2D eigenvalue weighted by atomic mass is 32.2. The van der Waals surface area contributed by atoms with Gasteiger partial charge in [0, 0.05) is 31.6 Å². The number of halogens is 3.